The molecule has 1 heterocycles. The quantitative estimate of drug-likeness (QED) is 0.696. The maximum atomic E-state index is 12.5. The van der Waals surface area contributed by atoms with Crippen LogP contribution in [0.5, 0.6) is 5.75 Å². The fourth-order valence-corrected chi connectivity index (χ4v) is 4.48. The van der Waals surface area contributed by atoms with Crippen molar-refractivity contribution in [3.63, 3.8) is 0 Å². The lowest BCUT2D eigenvalue weighted by atomic mass is 10.0. The Morgan fingerprint density at radius 3 is 2.40 bits per heavy atom. The number of hydrogen-bond donors (Lipinski definition) is 1. The minimum Gasteiger partial charge on any atom is -0.479 e. The summed E-state index contributed by atoms with van der Waals surface area (Å²) in [5.74, 6) is 0.420. The number of para-hydroxylation sites is 1. The number of ether oxygens (including phenoxy) is 1. The van der Waals surface area contributed by atoms with Crippen LogP contribution in [-0.2, 0) is 14.6 Å². The van der Waals surface area contributed by atoms with Crippen LogP contribution < -0.4 is 15.0 Å². The molecule has 1 unspecified atom stereocenters. The first kappa shape index (κ1) is 22.4. The third-order valence-corrected chi connectivity index (χ3v) is 7.35. The van der Waals surface area contributed by atoms with E-state index in [1.54, 1.807) is 38.1 Å². The topological polar surface area (TPSA) is 75.7 Å². The van der Waals surface area contributed by atoms with E-state index in [1.165, 1.54) is 0 Å². The number of benzene rings is 2. The molecule has 1 aliphatic heterocycles. The molecule has 3 rings (SSSR count). The van der Waals surface area contributed by atoms with Crippen LogP contribution in [0.3, 0.4) is 0 Å². The lowest BCUT2D eigenvalue weighted by Crippen LogP contribution is -2.48. The summed E-state index contributed by atoms with van der Waals surface area (Å²) in [7, 11) is -3.19. The molecule has 30 heavy (non-hydrogen) atoms. The zero-order chi connectivity index (χ0) is 21.7. The van der Waals surface area contributed by atoms with Crippen molar-refractivity contribution in [1.82, 2.24) is 5.32 Å². The monoisotopic (exact) mass is 450 g/mol. The molecule has 0 radical (unpaired) electrons. The van der Waals surface area contributed by atoms with Gasteiger partial charge in [-0.1, -0.05) is 30.7 Å². The zero-order valence-electron chi connectivity index (χ0n) is 17.2. The van der Waals surface area contributed by atoms with Crippen LogP contribution >= 0.6 is 11.6 Å². The summed E-state index contributed by atoms with van der Waals surface area (Å²) in [6.45, 7) is 4.91. The van der Waals surface area contributed by atoms with Gasteiger partial charge in [-0.3, -0.25) is 4.79 Å². The zero-order valence-corrected chi connectivity index (χ0v) is 18.7. The fourth-order valence-electron chi connectivity index (χ4n) is 3.42. The van der Waals surface area contributed by atoms with Gasteiger partial charge in [0.15, 0.2) is 15.9 Å². The van der Waals surface area contributed by atoms with Crippen LogP contribution in [0.1, 0.15) is 26.7 Å². The molecule has 1 N–H and O–H groups in total. The van der Waals surface area contributed by atoms with Gasteiger partial charge in [-0.15, -0.1) is 0 Å². The van der Waals surface area contributed by atoms with Crippen molar-refractivity contribution in [3.05, 3.63) is 53.6 Å². The standard InChI is InChI=1S/C22H27ClN2O4S/c1-3-30(27,28)19-10-8-18(9-11-19)25-14-12-17(13-15-25)24-22(26)16(2)29-21-7-5-4-6-20(21)23/h4-11,16-17H,3,12-15H2,1-2H3,(H,24,26). The van der Waals surface area contributed by atoms with Gasteiger partial charge >= 0.3 is 0 Å². The number of amides is 1. The van der Waals surface area contributed by atoms with Gasteiger partial charge in [-0.2, -0.15) is 0 Å². The van der Waals surface area contributed by atoms with Crippen molar-refractivity contribution in [2.45, 2.75) is 43.7 Å². The number of piperidine rings is 1. The van der Waals surface area contributed by atoms with Gasteiger partial charge in [0.05, 0.1) is 15.7 Å². The number of hydrogen-bond acceptors (Lipinski definition) is 5. The van der Waals surface area contributed by atoms with Crippen molar-refractivity contribution in [3.8, 4) is 5.75 Å². The highest BCUT2D eigenvalue weighted by atomic mass is 35.5. The largest absolute Gasteiger partial charge is 0.479 e. The number of halogens is 1. The summed E-state index contributed by atoms with van der Waals surface area (Å²) in [4.78, 5) is 15.0. The first-order chi connectivity index (χ1) is 14.3. The lowest BCUT2D eigenvalue weighted by Gasteiger charge is -2.34. The minimum absolute atomic E-state index is 0.0748. The molecule has 162 valence electrons. The normalized spacial score (nSPS) is 16.2. The van der Waals surface area contributed by atoms with E-state index in [1.807, 2.05) is 24.3 Å². The van der Waals surface area contributed by atoms with E-state index in [2.05, 4.69) is 10.2 Å². The molecule has 0 saturated carbocycles. The Labute approximate surface area is 183 Å². The smallest absolute Gasteiger partial charge is 0.260 e. The van der Waals surface area contributed by atoms with Crippen LogP contribution in [-0.4, -0.2) is 45.3 Å². The van der Waals surface area contributed by atoms with E-state index in [-0.39, 0.29) is 17.7 Å². The van der Waals surface area contributed by atoms with Gasteiger partial charge in [0.1, 0.15) is 5.75 Å². The molecule has 1 saturated heterocycles. The summed E-state index contributed by atoms with van der Waals surface area (Å²) in [6.07, 6.45) is 0.968. The second-order valence-corrected chi connectivity index (χ2v) is 10.0. The molecule has 1 atom stereocenters. The Kier molecular flexibility index (Phi) is 7.26. The van der Waals surface area contributed by atoms with E-state index in [4.69, 9.17) is 16.3 Å². The molecule has 0 bridgehead atoms. The molecule has 8 heteroatoms. The molecule has 1 amide bonds. The summed E-state index contributed by atoms with van der Waals surface area (Å²) in [6, 6.07) is 14.2. The maximum absolute atomic E-state index is 12.5. The van der Waals surface area contributed by atoms with Crippen LogP contribution in [0.2, 0.25) is 5.02 Å². The van der Waals surface area contributed by atoms with Crippen molar-refractivity contribution >= 4 is 33.0 Å². The van der Waals surface area contributed by atoms with Crippen LogP contribution in [0.15, 0.2) is 53.4 Å². The molecule has 6 nitrogen and oxygen atoms in total. The third-order valence-electron chi connectivity index (χ3n) is 5.29. The average molecular weight is 451 g/mol. The highest BCUT2D eigenvalue weighted by Gasteiger charge is 2.24. The van der Waals surface area contributed by atoms with Gasteiger partial charge in [0.25, 0.3) is 5.91 Å². The van der Waals surface area contributed by atoms with Gasteiger partial charge < -0.3 is 15.0 Å². The molecule has 0 aromatic heterocycles. The summed E-state index contributed by atoms with van der Waals surface area (Å²) < 4.78 is 29.6. The number of sulfone groups is 1. The van der Waals surface area contributed by atoms with E-state index in [0.717, 1.165) is 31.6 Å². The van der Waals surface area contributed by atoms with Crippen molar-refractivity contribution in [2.24, 2.45) is 0 Å². The molecule has 2 aromatic carbocycles. The molecule has 1 aliphatic rings. The van der Waals surface area contributed by atoms with Crippen molar-refractivity contribution in [1.29, 1.82) is 0 Å². The molecular formula is C22H27ClN2O4S. The number of rotatable bonds is 7. The molecular weight excluding hydrogens is 424 g/mol. The molecule has 2 aromatic rings. The van der Waals surface area contributed by atoms with Crippen LogP contribution in [0.25, 0.3) is 0 Å². The fraction of sp³-hybridized carbons (Fsp3) is 0.409. The van der Waals surface area contributed by atoms with Gasteiger partial charge in [-0.05, 0) is 56.2 Å². The number of carbonyl (C=O) groups is 1. The summed E-state index contributed by atoms with van der Waals surface area (Å²) in [5, 5.41) is 3.53. The Bertz CT molecular complexity index is 971. The Morgan fingerprint density at radius 1 is 1.17 bits per heavy atom. The number of carbonyl (C=O) groups excluding carboxylic acids is 1. The predicted molar refractivity (Wildman–Crippen MR) is 119 cm³/mol. The second kappa shape index (κ2) is 9.71. The van der Waals surface area contributed by atoms with Crippen LogP contribution in [0, 0.1) is 0 Å². The number of anilines is 1. The van der Waals surface area contributed by atoms with E-state index in [0.29, 0.717) is 15.7 Å². The lowest BCUT2D eigenvalue weighted by molar-refractivity contribution is -0.128. The molecule has 0 aliphatic carbocycles. The SMILES string of the molecule is CCS(=O)(=O)c1ccc(N2CCC(NC(=O)C(C)Oc3ccccc3Cl)CC2)cc1. The van der Waals surface area contributed by atoms with Gasteiger partial charge in [0.2, 0.25) is 0 Å². The highest BCUT2D eigenvalue weighted by molar-refractivity contribution is 7.91. The first-order valence-electron chi connectivity index (χ1n) is 10.1. The Hall–Kier alpha value is -2.25. The first-order valence-corrected chi connectivity index (χ1v) is 12.1. The van der Waals surface area contributed by atoms with E-state index in [9.17, 15) is 13.2 Å². The number of nitrogens with zero attached hydrogens (tertiary/aromatic N) is 1. The maximum Gasteiger partial charge on any atom is 0.260 e. The molecule has 1 fully saturated rings. The van der Waals surface area contributed by atoms with E-state index >= 15 is 0 Å². The predicted octanol–water partition coefficient (Wildman–Crippen LogP) is 3.69. The minimum atomic E-state index is -3.19. The number of nitrogens with one attached hydrogen (secondary N) is 1. The summed E-state index contributed by atoms with van der Waals surface area (Å²) >= 11 is 6.09. The Balaban J connectivity index is 1.50. The van der Waals surface area contributed by atoms with Crippen molar-refractivity contribution < 1.29 is 17.9 Å². The second-order valence-electron chi connectivity index (χ2n) is 7.36. The van der Waals surface area contributed by atoms with E-state index < -0.39 is 15.9 Å². The van der Waals surface area contributed by atoms with Crippen molar-refractivity contribution in [2.75, 3.05) is 23.7 Å². The van der Waals surface area contributed by atoms with Crippen LogP contribution in [0.4, 0.5) is 5.69 Å². The highest BCUT2D eigenvalue weighted by Crippen LogP contribution is 2.25. The third kappa shape index (κ3) is 5.46. The molecule has 0 spiro atoms. The average Bonchev–Trinajstić information content (AvgIpc) is 2.76. The summed E-state index contributed by atoms with van der Waals surface area (Å²) in [5.41, 5.74) is 0.991. The van der Waals surface area contributed by atoms with Gasteiger partial charge in [-0.25, -0.2) is 8.42 Å². The Morgan fingerprint density at radius 2 is 1.80 bits per heavy atom. The van der Waals surface area contributed by atoms with Gasteiger partial charge in [0, 0.05) is 24.8 Å².